The van der Waals surface area contributed by atoms with Crippen molar-refractivity contribution in [2.45, 2.75) is 84.0 Å². The fourth-order valence-electron chi connectivity index (χ4n) is 4.40. The minimum atomic E-state index is 0.0147. The largest absolute Gasteiger partial charge is 0.326 e. The molecule has 3 aromatic rings. The predicted octanol–water partition coefficient (Wildman–Crippen LogP) is 10.5. The molecule has 0 aliphatic carbocycles. The summed E-state index contributed by atoms with van der Waals surface area (Å²) < 4.78 is 0. The molecule has 1 amide bonds. The van der Waals surface area contributed by atoms with E-state index in [1.165, 1.54) is 57.8 Å². The smallest absolute Gasteiger partial charge is 0.224 e. The molecule has 39 heavy (non-hydrogen) atoms. The SMILES string of the molecule is CCCCCCCCCCCCCC(=O)Nc1ccc(Cl)c(N(Nc2ccccc2)Nc2ccccc2Cl)c1. The third kappa shape index (κ3) is 11.4. The summed E-state index contributed by atoms with van der Waals surface area (Å²) in [5.41, 5.74) is 9.54. The number of benzene rings is 3. The molecule has 0 saturated heterocycles. The van der Waals surface area contributed by atoms with Crippen molar-refractivity contribution in [3.8, 4) is 0 Å². The van der Waals surface area contributed by atoms with E-state index in [9.17, 15) is 4.79 Å². The maximum atomic E-state index is 12.7. The Kier molecular flexibility index (Phi) is 13.9. The number of para-hydroxylation sites is 2. The highest BCUT2D eigenvalue weighted by atomic mass is 35.5. The second kappa shape index (κ2) is 17.6. The second-order valence-corrected chi connectivity index (χ2v) is 10.7. The zero-order valence-electron chi connectivity index (χ0n) is 23.0. The van der Waals surface area contributed by atoms with Crippen molar-refractivity contribution >= 4 is 51.9 Å². The Labute approximate surface area is 244 Å². The first-order valence-electron chi connectivity index (χ1n) is 14.3. The van der Waals surface area contributed by atoms with Gasteiger partial charge in [-0.05, 0) is 48.9 Å². The number of amides is 1. The van der Waals surface area contributed by atoms with E-state index in [0.717, 1.165) is 18.5 Å². The molecule has 7 heteroatoms. The summed E-state index contributed by atoms with van der Waals surface area (Å²) in [5.74, 6) is 0.0147. The molecule has 0 aliphatic rings. The van der Waals surface area contributed by atoms with Gasteiger partial charge in [-0.15, -0.1) is 0 Å². The molecule has 0 saturated carbocycles. The number of carbonyl (C=O) groups excluding carboxylic acids is 1. The molecule has 3 N–H and O–H groups in total. The van der Waals surface area contributed by atoms with Crippen LogP contribution in [0.5, 0.6) is 0 Å². The minimum absolute atomic E-state index is 0.0147. The Hall–Kier alpha value is -2.89. The normalized spacial score (nSPS) is 10.7. The van der Waals surface area contributed by atoms with Crippen molar-refractivity contribution in [3.63, 3.8) is 0 Å². The van der Waals surface area contributed by atoms with E-state index in [0.29, 0.717) is 33.5 Å². The standard InChI is InChI=1S/C32H42Cl2N4O/c1-2-3-4-5-6-7-8-9-10-11-15-22-32(39)35-27-23-24-29(34)31(25-27)38(36-26-18-13-12-14-19-26)37-30-21-17-16-20-28(30)33/h12-14,16-21,23-25,36-37H,2-11,15,22H2,1H3,(H,35,39). The maximum Gasteiger partial charge on any atom is 0.224 e. The van der Waals surface area contributed by atoms with Gasteiger partial charge in [-0.2, -0.15) is 5.12 Å². The molecule has 3 rings (SSSR count). The number of anilines is 4. The summed E-state index contributed by atoms with van der Waals surface area (Å²) in [5, 5.41) is 5.83. The lowest BCUT2D eigenvalue weighted by atomic mass is 10.1. The molecule has 210 valence electrons. The topological polar surface area (TPSA) is 56.4 Å². The maximum absolute atomic E-state index is 12.7. The molecule has 0 unspecified atom stereocenters. The molecule has 0 fully saturated rings. The molecule has 5 nitrogen and oxygen atoms in total. The minimum Gasteiger partial charge on any atom is -0.326 e. The average Bonchev–Trinajstić information content (AvgIpc) is 2.94. The van der Waals surface area contributed by atoms with E-state index in [-0.39, 0.29) is 5.91 Å². The Morgan fingerprint density at radius 3 is 1.95 bits per heavy atom. The first-order chi connectivity index (χ1) is 19.1. The van der Waals surface area contributed by atoms with Crippen LogP contribution in [0.15, 0.2) is 72.8 Å². The van der Waals surface area contributed by atoms with E-state index in [4.69, 9.17) is 23.2 Å². The van der Waals surface area contributed by atoms with Crippen LogP contribution in [0.1, 0.15) is 84.0 Å². The van der Waals surface area contributed by atoms with Gasteiger partial charge in [0.05, 0.1) is 21.4 Å². The van der Waals surface area contributed by atoms with Gasteiger partial charge in [-0.25, -0.2) is 0 Å². The fraction of sp³-hybridized carbons (Fsp3) is 0.406. The Morgan fingerprint density at radius 1 is 0.667 bits per heavy atom. The van der Waals surface area contributed by atoms with Gasteiger partial charge in [0.15, 0.2) is 0 Å². The molecule has 0 spiro atoms. The summed E-state index contributed by atoms with van der Waals surface area (Å²) in [4.78, 5) is 12.7. The van der Waals surface area contributed by atoms with E-state index < -0.39 is 0 Å². The average molecular weight is 570 g/mol. The quantitative estimate of drug-likeness (QED) is 0.105. The molecule has 0 atom stereocenters. The molecule has 0 heterocycles. The number of nitrogens with one attached hydrogen (secondary N) is 3. The Balaban J connectivity index is 1.52. The van der Waals surface area contributed by atoms with Gasteiger partial charge in [-0.1, -0.05) is 125 Å². The first kappa shape index (κ1) is 30.6. The third-order valence-electron chi connectivity index (χ3n) is 6.60. The lowest BCUT2D eigenvalue weighted by Gasteiger charge is -2.29. The molecule has 0 bridgehead atoms. The number of rotatable bonds is 18. The van der Waals surface area contributed by atoms with Gasteiger partial charge in [0, 0.05) is 12.1 Å². The number of hydrazine groups is 2. The Bertz CT molecular complexity index is 1130. The number of carbonyl (C=O) groups is 1. The summed E-state index contributed by atoms with van der Waals surface area (Å²) >= 11 is 13.0. The number of halogens is 2. The van der Waals surface area contributed by atoms with Gasteiger partial charge in [-0.3, -0.25) is 15.6 Å². The van der Waals surface area contributed by atoms with Crippen LogP contribution in [0.25, 0.3) is 0 Å². The van der Waals surface area contributed by atoms with Crippen LogP contribution in [-0.4, -0.2) is 5.91 Å². The van der Waals surface area contributed by atoms with Gasteiger partial charge in [0.25, 0.3) is 0 Å². The summed E-state index contributed by atoms with van der Waals surface area (Å²) in [6.07, 6.45) is 14.4. The zero-order valence-corrected chi connectivity index (χ0v) is 24.5. The van der Waals surface area contributed by atoms with Crippen molar-refractivity contribution < 1.29 is 4.79 Å². The molecule has 0 radical (unpaired) electrons. The number of unbranched alkanes of at least 4 members (excludes halogenated alkanes) is 10. The number of nitrogens with zero attached hydrogens (tertiary/aromatic N) is 1. The lowest BCUT2D eigenvalue weighted by molar-refractivity contribution is -0.116. The van der Waals surface area contributed by atoms with Crippen LogP contribution < -0.4 is 21.3 Å². The lowest BCUT2D eigenvalue weighted by Crippen LogP contribution is -2.36. The molecular weight excluding hydrogens is 527 g/mol. The highest BCUT2D eigenvalue weighted by Gasteiger charge is 2.15. The summed E-state index contributed by atoms with van der Waals surface area (Å²) in [6.45, 7) is 2.26. The van der Waals surface area contributed by atoms with Crippen molar-refractivity contribution in [1.29, 1.82) is 0 Å². The molecule has 0 aliphatic heterocycles. The summed E-state index contributed by atoms with van der Waals surface area (Å²) in [6, 6.07) is 22.7. The van der Waals surface area contributed by atoms with Crippen LogP contribution in [-0.2, 0) is 4.79 Å². The van der Waals surface area contributed by atoms with Crippen molar-refractivity contribution in [2.24, 2.45) is 0 Å². The van der Waals surface area contributed by atoms with E-state index in [1.807, 2.05) is 66.7 Å². The van der Waals surface area contributed by atoms with Crippen molar-refractivity contribution in [3.05, 3.63) is 82.8 Å². The third-order valence-corrected chi connectivity index (χ3v) is 7.25. The second-order valence-electron chi connectivity index (χ2n) is 9.90. The molecular formula is C32H42Cl2N4O. The van der Waals surface area contributed by atoms with Crippen LogP contribution in [0, 0.1) is 0 Å². The van der Waals surface area contributed by atoms with Crippen LogP contribution in [0.4, 0.5) is 22.7 Å². The van der Waals surface area contributed by atoms with Crippen LogP contribution in [0.3, 0.4) is 0 Å². The monoisotopic (exact) mass is 568 g/mol. The summed E-state index contributed by atoms with van der Waals surface area (Å²) in [7, 11) is 0. The van der Waals surface area contributed by atoms with Gasteiger partial charge >= 0.3 is 0 Å². The highest BCUT2D eigenvalue weighted by molar-refractivity contribution is 6.34. The van der Waals surface area contributed by atoms with Crippen LogP contribution in [0.2, 0.25) is 10.0 Å². The van der Waals surface area contributed by atoms with Gasteiger partial charge in [0.1, 0.15) is 5.69 Å². The molecule has 0 aromatic heterocycles. The van der Waals surface area contributed by atoms with E-state index >= 15 is 0 Å². The van der Waals surface area contributed by atoms with Gasteiger partial charge in [0.2, 0.25) is 5.91 Å². The highest BCUT2D eigenvalue weighted by Crippen LogP contribution is 2.31. The van der Waals surface area contributed by atoms with E-state index in [1.54, 1.807) is 11.2 Å². The predicted molar refractivity (Wildman–Crippen MR) is 169 cm³/mol. The van der Waals surface area contributed by atoms with Crippen LogP contribution >= 0.6 is 23.2 Å². The molecule has 3 aromatic carbocycles. The van der Waals surface area contributed by atoms with Gasteiger partial charge < -0.3 is 5.32 Å². The van der Waals surface area contributed by atoms with Crippen molar-refractivity contribution in [2.75, 3.05) is 21.3 Å². The number of hydrogen-bond donors (Lipinski definition) is 3. The van der Waals surface area contributed by atoms with E-state index in [2.05, 4.69) is 23.1 Å². The fourth-order valence-corrected chi connectivity index (χ4v) is 4.78. The number of hydrogen-bond acceptors (Lipinski definition) is 4. The Morgan fingerprint density at radius 2 is 1.28 bits per heavy atom. The first-order valence-corrected chi connectivity index (χ1v) is 15.0. The van der Waals surface area contributed by atoms with Crippen molar-refractivity contribution in [1.82, 2.24) is 0 Å². The zero-order chi connectivity index (χ0) is 27.7.